The van der Waals surface area contributed by atoms with Crippen molar-refractivity contribution in [2.24, 2.45) is 0 Å². The predicted octanol–water partition coefficient (Wildman–Crippen LogP) is 1.66. The molecule has 1 rings (SSSR count). The summed E-state index contributed by atoms with van der Waals surface area (Å²) in [5.74, 6) is 1.68. The van der Waals surface area contributed by atoms with Crippen LogP contribution in [0.5, 0.6) is 11.5 Å². The fourth-order valence-corrected chi connectivity index (χ4v) is 1.49. The van der Waals surface area contributed by atoms with Crippen LogP contribution >= 0.6 is 0 Å². The van der Waals surface area contributed by atoms with Crippen molar-refractivity contribution < 1.29 is 14.3 Å². The van der Waals surface area contributed by atoms with Crippen molar-refractivity contribution in [3.05, 3.63) is 23.3 Å². The molecule has 0 saturated heterocycles. The molecule has 1 aromatic carbocycles. The molecular formula is C11H17NO3. The summed E-state index contributed by atoms with van der Waals surface area (Å²) in [6.07, 6.45) is 0. The molecule has 0 heterocycles. The lowest BCUT2D eigenvalue weighted by Gasteiger charge is -2.14. The summed E-state index contributed by atoms with van der Waals surface area (Å²) < 4.78 is 10.5. The molecule has 0 atom stereocenters. The number of hydrogen-bond donors (Lipinski definition) is 1. The van der Waals surface area contributed by atoms with Crippen molar-refractivity contribution in [1.29, 1.82) is 0 Å². The average Bonchev–Trinajstić information content (AvgIpc) is 2.27. The van der Waals surface area contributed by atoms with E-state index in [2.05, 4.69) is 5.48 Å². The minimum absolute atomic E-state index is 0.586. The van der Waals surface area contributed by atoms with Gasteiger partial charge in [-0.15, -0.1) is 0 Å². The molecule has 0 spiro atoms. The SMILES string of the molecule is CONCc1c(OC)ccc(OC)c1C. The van der Waals surface area contributed by atoms with Gasteiger partial charge in [0, 0.05) is 5.56 Å². The summed E-state index contributed by atoms with van der Waals surface area (Å²) in [4.78, 5) is 4.83. The summed E-state index contributed by atoms with van der Waals surface area (Å²) in [7, 11) is 4.89. The van der Waals surface area contributed by atoms with Crippen molar-refractivity contribution in [1.82, 2.24) is 5.48 Å². The zero-order valence-corrected chi connectivity index (χ0v) is 9.59. The van der Waals surface area contributed by atoms with Crippen LogP contribution in [-0.4, -0.2) is 21.3 Å². The Labute approximate surface area is 90.1 Å². The number of nitrogens with one attached hydrogen (secondary N) is 1. The molecule has 0 amide bonds. The zero-order valence-electron chi connectivity index (χ0n) is 9.59. The highest BCUT2D eigenvalue weighted by Crippen LogP contribution is 2.29. The second kappa shape index (κ2) is 5.58. The van der Waals surface area contributed by atoms with Crippen molar-refractivity contribution in [2.45, 2.75) is 13.5 Å². The summed E-state index contributed by atoms with van der Waals surface area (Å²) in [5.41, 5.74) is 4.89. The van der Waals surface area contributed by atoms with Crippen molar-refractivity contribution in [3.63, 3.8) is 0 Å². The Balaban J connectivity index is 3.05. The Bertz CT molecular complexity index is 326. The molecule has 0 saturated carbocycles. The van der Waals surface area contributed by atoms with Crippen LogP contribution in [0.25, 0.3) is 0 Å². The van der Waals surface area contributed by atoms with Crippen LogP contribution in [0.1, 0.15) is 11.1 Å². The van der Waals surface area contributed by atoms with Crippen LogP contribution in [0, 0.1) is 6.92 Å². The van der Waals surface area contributed by atoms with Gasteiger partial charge >= 0.3 is 0 Å². The van der Waals surface area contributed by atoms with Crippen LogP contribution in [0.4, 0.5) is 0 Å². The molecule has 84 valence electrons. The lowest BCUT2D eigenvalue weighted by molar-refractivity contribution is 0.0859. The van der Waals surface area contributed by atoms with E-state index < -0.39 is 0 Å². The third-order valence-electron chi connectivity index (χ3n) is 2.34. The average molecular weight is 211 g/mol. The molecule has 0 aromatic heterocycles. The van der Waals surface area contributed by atoms with Crippen LogP contribution < -0.4 is 15.0 Å². The maximum absolute atomic E-state index is 5.27. The minimum Gasteiger partial charge on any atom is -0.496 e. The van der Waals surface area contributed by atoms with Gasteiger partial charge in [0.25, 0.3) is 0 Å². The van der Waals surface area contributed by atoms with Gasteiger partial charge in [0.15, 0.2) is 0 Å². The summed E-state index contributed by atoms with van der Waals surface area (Å²) >= 11 is 0. The lowest BCUT2D eigenvalue weighted by atomic mass is 10.1. The van der Waals surface area contributed by atoms with Gasteiger partial charge in [-0.25, -0.2) is 0 Å². The molecule has 1 aromatic rings. The maximum atomic E-state index is 5.27. The first-order chi connectivity index (χ1) is 7.24. The van der Waals surface area contributed by atoms with Gasteiger partial charge in [0.2, 0.25) is 0 Å². The molecule has 0 aliphatic heterocycles. The number of rotatable bonds is 5. The smallest absolute Gasteiger partial charge is 0.123 e. The van der Waals surface area contributed by atoms with Gasteiger partial charge in [-0.1, -0.05) is 0 Å². The Morgan fingerprint density at radius 2 is 1.67 bits per heavy atom. The molecule has 1 N–H and O–H groups in total. The van der Waals surface area contributed by atoms with E-state index in [1.807, 2.05) is 19.1 Å². The molecule has 0 fully saturated rings. The number of ether oxygens (including phenoxy) is 2. The second-order valence-corrected chi connectivity index (χ2v) is 3.10. The number of hydroxylamine groups is 1. The Hall–Kier alpha value is -1.26. The quantitative estimate of drug-likeness (QED) is 0.752. The highest BCUT2D eigenvalue weighted by atomic mass is 16.6. The van der Waals surface area contributed by atoms with Crippen LogP contribution in [0.15, 0.2) is 12.1 Å². The van der Waals surface area contributed by atoms with Crippen LogP contribution in [-0.2, 0) is 11.4 Å². The van der Waals surface area contributed by atoms with Gasteiger partial charge < -0.3 is 14.3 Å². The van der Waals surface area contributed by atoms with E-state index in [-0.39, 0.29) is 0 Å². The molecule has 0 aliphatic carbocycles. The largest absolute Gasteiger partial charge is 0.496 e. The standard InChI is InChI=1S/C11H17NO3/c1-8-9(7-12-15-4)11(14-3)6-5-10(8)13-2/h5-6,12H,7H2,1-4H3. The van der Waals surface area contributed by atoms with Gasteiger partial charge in [-0.05, 0) is 24.6 Å². The number of hydrogen-bond acceptors (Lipinski definition) is 4. The molecule has 4 nitrogen and oxygen atoms in total. The number of benzene rings is 1. The minimum atomic E-state index is 0.586. The zero-order chi connectivity index (χ0) is 11.3. The second-order valence-electron chi connectivity index (χ2n) is 3.10. The summed E-state index contributed by atoms with van der Waals surface area (Å²) in [5, 5.41) is 0. The number of methoxy groups -OCH3 is 2. The Kier molecular flexibility index (Phi) is 4.39. The van der Waals surface area contributed by atoms with E-state index in [1.165, 1.54) is 0 Å². The van der Waals surface area contributed by atoms with E-state index >= 15 is 0 Å². The van der Waals surface area contributed by atoms with Crippen LogP contribution in [0.3, 0.4) is 0 Å². The third kappa shape index (κ3) is 2.61. The van der Waals surface area contributed by atoms with Gasteiger partial charge in [-0.2, -0.15) is 5.48 Å². The highest BCUT2D eigenvalue weighted by Gasteiger charge is 2.10. The van der Waals surface area contributed by atoms with E-state index in [9.17, 15) is 0 Å². The molecule has 15 heavy (non-hydrogen) atoms. The molecule has 0 bridgehead atoms. The molecule has 4 heteroatoms. The van der Waals surface area contributed by atoms with Gasteiger partial charge in [0.1, 0.15) is 11.5 Å². The monoisotopic (exact) mass is 211 g/mol. The Morgan fingerprint density at radius 1 is 1.07 bits per heavy atom. The Morgan fingerprint density at radius 3 is 2.20 bits per heavy atom. The molecule has 0 aliphatic rings. The topological polar surface area (TPSA) is 39.7 Å². The highest BCUT2D eigenvalue weighted by molar-refractivity contribution is 5.47. The summed E-state index contributed by atoms with van der Waals surface area (Å²) in [6.45, 7) is 2.58. The van der Waals surface area contributed by atoms with E-state index in [4.69, 9.17) is 14.3 Å². The van der Waals surface area contributed by atoms with E-state index in [0.29, 0.717) is 6.54 Å². The maximum Gasteiger partial charge on any atom is 0.123 e. The predicted molar refractivity (Wildman–Crippen MR) is 58.1 cm³/mol. The van der Waals surface area contributed by atoms with E-state index in [1.54, 1.807) is 21.3 Å². The van der Waals surface area contributed by atoms with E-state index in [0.717, 1.165) is 22.6 Å². The van der Waals surface area contributed by atoms with Crippen molar-refractivity contribution >= 4 is 0 Å². The summed E-state index contributed by atoms with van der Waals surface area (Å²) in [6, 6.07) is 3.78. The van der Waals surface area contributed by atoms with Crippen molar-refractivity contribution in [2.75, 3.05) is 21.3 Å². The van der Waals surface area contributed by atoms with Crippen LogP contribution in [0.2, 0.25) is 0 Å². The van der Waals surface area contributed by atoms with Crippen molar-refractivity contribution in [3.8, 4) is 11.5 Å². The first-order valence-corrected chi connectivity index (χ1v) is 4.70. The fraction of sp³-hybridized carbons (Fsp3) is 0.455. The normalized spacial score (nSPS) is 10.1. The van der Waals surface area contributed by atoms with Gasteiger partial charge in [-0.3, -0.25) is 0 Å². The molecule has 0 radical (unpaired) electrons. The first kappa shape index (κ1) is 11.8. The lowest BCUT2D eigenvalue weighted by Crippen LogP contribution is -2.13. The third-order valence-corrected chi connectivity index (χ3v) is 2.34. The molecule has 0 unspecified atom stereocenters. The fourth-order valence-electron chi connectivity index (χ4n) is 1.49. The first-order valence-electron chi connectivity index (χ1n) is 4.70. The van der Waals surface area contributed by atoms with Gasteiger partial charge in [0.05, 0.1) is 27.9 Å². The molecular weight excluding hydrogens is 194 g/mol.